The number of nitrogens with one attached hydrogen (secondary N) is 1. The first-order chi connectivity index (χ1) is 14.3. The molecule has 0 unspecified atom stereocenters. The van der Waals surface area contributed by atoms with Crippen LogP contribution in [0.5, 0.6) is 0 Å². The molecule has 29 heavy (non-hydrogen) atoms. The van der Waals surface area contributed by atoms with Crippen molar-refractivity contribution < 1.29 is 0 Å². The predicted octanol–water partition coefficient (Wildman–Crippen LogP) is 4.04. The maximum atomic E-state index is 4.62. The van der Waals surface area contributed by atoms with E-state index in [9.17, 15) is 0 Å². The zero-order chi connectivity index (χ0) is 20.1. The van der Waals surface area contributed by atoms with Crippen LogP contribution in [0.15, 0.2) is 60.1 Å². The van der Waals surface area contributed by atoms with Crippen LogP contribution in [0.2, 0.25) is 0 Å². The quantitative estimate of drug-likeness (QED) is 0.672. The van der Waals surface area contributed by atoms with Gasteiger partial charge in [0.05, 0.1) is 12.2 Å². The SMILES string of the molecule is C/C=C(\C=NC)c1cnc(-c2cccc(-c3cnn(C4CCNCC4)c3)c2)nc1. The van der Waals surface area contributed by atoms with Crippen LogP contribution in [0.25, 0.3) is 28.1 Å². The summed E-state index contributed by atoms with van der Waals surface area (Å²) < 4.78 is 2.11. The average molecular weight is 387 g/mol. The van der Waals surface area contributed by atoms with Gasteiger partial charge in [-0.25, -0.2) is 9.97 Å². The molecule has 0 amide bonds. The Hall–Kier alpha value is -3.12. The molecule has 1 fully saturated rings. The van der Waals surface area contributed by atoms with Crippen LogP contribution in [-0.4, -0.2) is 46.1 Å². The van der Waals surface area contributed by atoms with Crippen molar-refractivity contribution >= 4 is 11.8 Å². The van der Waals surface area contributed by atoms with E-state index in [-0.39, 0.29) is 0 Å². The molecular weight excluding hydrogens is 360 g/mol. The van der Waals surface area contributed by atoms with E-state index in [0.29, 0.717) is 11.9 Å². The minimum Gasteiger partial charge on any atom is -0.317 e. The van der Waals surface area contributed by atoms with Crippen molar-refractivity contribution in [1.29, 1.82) is 0 Å². The summed E-state index contributed by atoms with van der Waals surface area (Å²) in [5, 5.41) is 8.02. The molecule has 0 atom stereocenters. The van der Waals surface area contributed by atoms with Gasteiger partial charge in [-0.3, -0.25) is 9.67 Å². The summed E-state index contributed by atoms with van der Waals surface area (Å²) in [6.45, 7) is 4.10. The third kappa shape index (κ3) is 4.32. The van der Waals surface area contributed by atoms with Gasteiger partial charge in [0.2, 0.25) is 0 Å². The van der Waals surface area contributed by atoms with Gasteiger partial charge in [-0.15, -0.1) is 0 Å². The number of aliphatic imine (C=N–C) groups is 1. The van der Waals surface area contributed by atoms with Gasteiger partial charge >= 0.3 is 0 Å². The Labute approximate surface area is 171 Å². The van der Waals surface area contributed by atoms with E-state index in [1.165, 1.54) is 0 Å². The maximum absolute atomic E-state index is 4.62. The number of rotatable bonds is 5. The molecule has 3 heterocycles. The Kier molecular flexibility index (Phi) is 5.91. The lowest BCUT2D eigenvalue weighted by Gasteiger charge is -2.22. The first-order valence-electron chi connectivity index (χ1n) is 10.0. The third-order valence-corrected chi connectivity index (χ3v) is 5.30. The van der Waals surface area contributed by atoms with Crippen LogP contribution in [0, 0.1) is 0 Å². The Morgan fingerprint density at radius 1 is 1.10 bits per heavy atom. The van der Waals surface area contributed by atoms with Crippen molar-refractivity contribution in [1.82, 2.24) is 25.1 Å². The molecule has 4 rings (SSSR count). The number of benzene rings is 1. The summed E-state index contributed by atoms with van der Waals surface area (Å²) in [7, 11) is 1.76. The molecule has 148 valence electrons. The van der Waals surface area contributed by atoms with Crippen LogP contribution < -0.4 is 5.32 Å². The summed E-state index contributed by atoms with van der Waals surface area (Å²) in [6, 6.07) is 8.81. The molecule has 0 bridgehead atoms. The molecule has 0 radical (unpaired) electrons. The van der Waals surface area contributed by atoms with Gasteiger partial charge in [0.1, 0.15) is 0 Å². The Morgan fingerprint density at radius 2 is 1.86 bits per heavy atom. The fraction of sp³-hybridized carbons (Fsp3) is 0.304. The monoisotopic (exact) mass is 386 g/mol. The first kappa shape index (κ1) is 19.2. The Morgan fingerprint density at radius 3 is 2.59 bits per heavy atom. The summed E-state index contributed by atoms with van der Waals surface area (Å²) in [4.78, 5) is 13.2. The molecule has 6 nitrogen and oxygen atoms in total. The Bertz CT molecular complexity index is 1010. The van der Waals surface area contributed by atoms with E-state index in [0.717, 1.165) is 53.8 Å². The van der Waals surface area contributed by atoms with Crippen LogP contribution in [0.3, 0.4) is 0 Å². The van der Waals surface area contributed by atoms with Crippen molar-refractivity contribution in [3.8, 4) is 22.5 Å². The minimum atomic E-state index is 0.483. The molecule has 0 spiro atoms. The maximum Gasteiger partial charge on any atom is 0.159 e. The number of nitrogens with zero attached hydrogens (tertiary/aromatic N) is 5. The smallest absolute Gasteiger partial charge is 0.159 e. The highest BCUT2D eigenvalue weighted by atomic mass is 15.3. The molecule has 1 aliphatic rings. The van der Waals surface area contributed by atoms with Gasteiger partial charge in [0, 0.05) is 48.5 Å². The standard InChI is InChI=1S/C23H26N6/c1-3-17(12-24-2)20-13-26-23(27-14-20)19-6-4-5-18(11-19)21-15-28-29(16-21)22-7-9-25-10-8-22/h3-6,11-16,22,25H,7-10H2,1-2H3/b17-3+,24-12?. The molecule has 1 N–H and O–H groups in total. The van der Waals surface area contributed by atoms with Crippen LogP contribution in [0.4, 0.5) is 0 Å². The molecule has 3 aromatic rings. The normalized spacial score (nSPS) is 15.9. The molecule has 1 aliphatic heterocycles. The highest BCUT2D eigenvalue weighted by Gasteiger charge is 2.16. The second-order valence-electron chi connectivity index (χ2n) is 7.20. The van der Waals surface area contributed by atoms with Gasteiger partial charge in [-0.05, 0) is 50.1 Å². The minimum absolute atomic E-state index is 0.483. The van der Waals surface area contributed by atoms with Crippen LogP contribution in [0.1, 0.15) is 31.4 Å². The van der Waals surface area contributed by atoms with Crippen molar-refractivity contribution in [2.75, 3.05) is 20.1 Å². The number of allylic oxidation sites excluding steroid dienone is 2. The lowest BCUT2D eigenvalue weighted by molar-refractivity contribution is 0.343. The largest absolute Gasteiger partial charge is 0.317 e. The highest BCUT2D eigenvalue weighted by molar-refractivity contribution is 6.09. The van der Waals surface area contributed by atoms with Gasteiger partial charge in [0.25, 0.3) is 0 Å². The van der Waals surface area contributed by atoms with E-state index in [2.05, 4.69) is 48.4 Å². The summed E-state index contributed by atoms with van der Waals surface area (Å²) in [5.41, 5.74) is 5.22. The zero-order valence-corrected chi connectivity index (χ0v) is 16.9. The molecule has 2 aromatic heterocycles. The molecule has 0 saturated carbocycles. The summed E-state index contributed by atoms with van der Waals surface area (Å²) in [6.07, 6.45) is 13.9. The lowest BCUT2D eigenvalue weighted by Crippen LogP contribution is -2.29. The van der Waals surface area contributed by atoms with Crippen LogP contribution in [-0.2, 0) is 0 Å². The number of aromatic nitrogens is 4. The predicted molar refractivity (Wildman–Crippen MR) is 118 cm³/mol. The van der Waals surface area contributed by atoms with Crippen LogP contribution >= 0.6 is 0 Å². The number of piperidine rings is 1. The molecule has 1 aromatic carbocycles. The number of hydrogen-bond donors (Lipinski definition) is 1. The Balaban J connectivity index is 1.57. The van der Waals surface area contributed by atoms with E-state index in [4.69, 9.17) is 0 Å². The molecule has 6 heteroatoms. The third-order valence-electron chi connectivity index (χ3n) is 5.30. The van der Waals surface area contributed by atoms with Gasteiger partial charge < -0.3 is 5.32 Å². The fourth-order valence-electron chi connectivity index (χ4n) is 3.68. The topological polar surface area (TPSA) is 68.0 Å². The lowest BCUT2D eigenvalue weighted by atomic mass is 10.0. The molecule has 1 saturated heterocycles. The molecule has 0 aliphatic carbocycles. The second-order valence-corrected chi connectivity index (χ2v) is 7.20. The number of hydrogen-bond acceptors (Lipinski definition) is 5. The van der Waals surface area contributed by atoms with Crippen molar-refractivity contribution in [2.24, 2.45) is 4.99 Å². The second kappa shape index (κ2) is 8.92. The van der Waals surface area contributed by atoms with Crippen molar-refractivity contribution in [3.63, 3.8) is 0 Å². The average Bonchev–Trinajstić information content (AvgIpc) is 3.29. The van der Waals surface area contributed by atoms with E-state index in [1.807, 2.05) is 49.9 Å². The highest BCUT2D eigenvalue weighted by Crippen LogP contribution is 2.26. The fourth-order valence-corrected chi connectivity index (χ4v) is 3.68. The van der Waals surface area contributed by atoms with Crippen molar-refractivity contribution in [3.05, 3.63) is 60.7 Å². The summed E-state index contributed by atoms with van der Waals surface area (Å²) >= 11 is 0. The van der Waals surface area contributed by atoms with Gasteiger partial charge in [0.15, 0.2) is 5.82 Å². The van der Waals surface area contributed by atoms with E-state index in [1.54, 1.807) is 7.05 Å². The molecular formula is C23H26N6. The van der Waals surface area contributed by atoms with Crippen molar-refractivity contribution in [2.45, 2.75) is 25.8 Å². The zero-order valence-electron chi connectivity index (χ0n) is 16.9. The first-order valence-corrected chi connectivity index (χ1v) is 10.0. The summed E-state index contributed by atoms with van der Waals surface area (Å²) in [5.74, 6) is 0.713. The van der Waals surface area contributed by atoms with Gasteiger partial charge in [-0.2, -0.15) is 5.10 Å². The van der Waals surface area contributed by atoms with E-state index < -0.39 is 0 Å². The van der Waals surface area contributed by atoms with Gasteiger partial charge in [-0.1, -0.05) is 24.3 Å². The van der Waals surface area contributed by atoms with E-state index >= 15 is 0 Å².